The molecule has 2 nitrogen and oxygen atoms in total. The van der Waals surface area contributed by atoms with E-state index < -0.39 is 11.2 Å². The molecule has 0 fully saturated rings. The van der Waals surface area contributed by atoms with E-state index >= 15 is 0 Å². The van der Waals surface area contributed by atoms with Crippen LogP contribution in [0, 0.1) is 0 Å². The Morgan fingerprint density at radius 3 is 2.44 bits per heavy atom. The minimum atomic E-state index is -0.796. The molecule has 0 aliphatic carbocycles. The number of rotatable bonds is 5. The summed E-state index contributed by atoms with van der Waals surface area (Å²) in [5, 5.41) is 9.66. The smallest absolute Gasteiger partial charge is 0.316 e. The molecule has 1 atom stereocenters. The van der Waals surface area contributed by atoms with Crippen molar-refractivity contribution in [3.8, 4) is 0 Å². The fourth-order valence-corrected chi connectivity index (χ4v) is 2.96. The maximum Gasteiger partial charge on any atom is 0.316 e. The highest BCUT2D eigenvalue weighted by atomic mass is 35.5. The normalized spacial score (nSPS) is 12.4. The SMILES string of the molecule is CCC(SCc1c(Cl)cccc1Cl)C(=O)O. The van der Waals surface area contributed by atoms with E-state index in [1.54, 1.807) is 18.2 Å². The van der Waals surface area contributed by atoms with Crippen LogP contribution in [0.4, 0.5) is 0 Å². The summed E-state index contributed by atoms with van der Waals surface area (Å²) in [6.45, 7) is 1.85. The van der Waals surface area contributed by atoms with E-state index in [-0.39, 0.29) is 0 Å². The Bertz CT molecular complexity index is 362. The Kier molecular flexibility index (Phi) is 5.46. The lowest BCUT2D eigenvalue weighted by Gasteiger charge is -2.11. The Hall–Kier alpha value is -0.380. The summed E-state index contributed by atoms with van der Waals surface area (Å²) in [6.07, 6.45) is 0.585. The maximum absolute atomic E-state index is 10.8. The molecule has 0 radical (unpaired) electrons. The van der Waals surface area contributed by atoms with Crippen LogP contribution in [0.15, 0.2) is 18.2 Å². The van der Waals surface area contributed by atoms with Crippen molar-refractivity contribution in [2.75, 3.05) is 0 Å². The first-order valence-corrected chi connectivity index (χ1v) is 6.64. The van der Waals surface area contributed by atoms with Crippen molar-refractivity contribution in [2.45, 2.75) is 24.3 Å². The number of carbonyl (C=O) groups is 1. The first-order valence-electron chi connectivity index (χ1n) is 4.83. The van der Waals surface area contributed by atoms with E-state index in [2.05, 4.69) is 0 Å². The van der Waals surface area contributed by atoms with Crippen LogP contribution < -0.4 is 0 Å². The van der Waals surface area contributed by atoms with E-state index in [4.69, 9.17) is 28.3 Å². The molecular weight excluding hydrogens is 267 g/mol. The Balaban J connectivity index is 2.70. The third-order valence-corrected chi connectivity index (χ3v) is 4.24. The van der Waals surface area contributed by atoms with Gasteiger partial charge in [-0.1, -0.05) is 36.2 Å². The molecule has 0 saturated heterocycles. The molecule has 0 bridgehead atoms. The molecule has 88 valence electrons. The minimum absolute atomic E-state index is 0.410. The van der Waals surface area contributed by atoms with Gasteiger partial charge in [-0.05, 0) is 24.1 Å². The first kappa shape index (κ1) is 13.7. The number of benzene rings is 1. The van der Waals surface area contributed by atoms with E-state index in [0.717, 1.165) is 5.56 Å². The molecule has 1 N–H and O–H groups in total. The van der Waals surface area contributed by atoms with E-state index in [0.29, 0.717) is 22.2 Å². The Morgan fingerprint density at radius 2 is 2.00 bits per heavy atom. The average Bonchev–Trinajstić information content (AvgIpc) is 2.22. The first-order chi connectivity index (χ1) is 7.56. The van der Waals surface area contributed by atoms with Crippen molar-refractivity contribution in [3.63, 3.8) is 0 Å². The second-order valence-electron chi connectivity index (χ2n) is 3.25. The quantitative estimate of drug-likeness (QED) is 0.882. The molecule has 0 amide bonds. The fraction of sp³-hybridized carbons (Fsp3) is 0.364. The third-order valence-electron chi connectivity index (χ3n) is 2.14. The van der Waals surface area contributed by atoms with Gasteiger partial charge in [-0.15, -0.1) is 11.8 Å². The van der Waals surface area contributed by atoms with Gasteiger partial charge in [-0.3, -0.25) is 4.79 Å². The van der Waals surface area contributed by atoms with Gasteiger partial charge >= 0.3 is 5.97 Å². The average molecular weight is 279 g/mol. The van der Waals surface area contributed by atoms with E-state index in [1.807, 2.05) is 6.92 Å². The van der Waals surface area contributed by atoms with Gasteiger partial charge in [0.05, 0.1) is 0 Å². The maximum atomic E-state index is 10.8. The van der Waals surface area contributed by atoms with Crippen LogP contribution in [-0.2, 0) is 10.5 Å². The van der Waals surface area contributed by atoms with Crippen molar-refractivity contribution in [2.24, 2.45) is 0 Å². The number of carboxylic acids is 1. The molecule has 0 aliphatic heterocycles. The molecule has 1 rings (SSSR count). The fourth-order valence-electron chi connectivity index (χ4n) is 1.22. The van der Waals surface area contributed by atoms with Gasteiger partial charge in [0.15, 0.2) is 0 Å². The predicted octanol–water partition coefficient (Wildman–Crippen LogP) is 4.09. The van der Waals surface area contributed by atoms with Crippen molar-refractivity contribution in [3.05, 3.63) is 33.8 Å². The second-order valence-corrected chi connectivity index (χ2v) is 5.25. The summed E-state index contributed by atoms with van der Waals surface area (Å²) in [5.74, 6) is -0.278. The minimum Gasteiger partial charge on any atom is -0.480 e. The molecular formula is C11H12Cl2O2S. The number of halogens is 2. The predicted molar refractivity (Wildman–Crippen MR) is 69.5 cm³/mol. The van der Waals surface area contributed by atoms with Crippen LogP contribution in [0.5, 0.6) is 0 Å². The summed E-state index contributed by atoms with van der Waals surface area (Å²) >= 11 is 13.3. The van der Waals surface area contributed by atoms with Gasteiger partial charge in [-0.25, -0.2) is 0 Å². The summed E-state index contributed by atoms with van der Waals surface area (Å²) < 4.78 is 0. The molecule has 0 aromatic heterocycles. The second kappa shape index (κ2) is 6.38. The van der Waals surface area contributed by atoms with Gasteiger partial charge < -0.3 is 5.11 Å². The van der Waals surface area contributed by atoms with Crippen molar-refractivity contribution >= 4 is 40.9 Å². The summed E-state index contributed by atoms with van der Waals surface area (Å²) in [5.41, 5.74) is 0.801. The lowest BCUT2D eigenvalue weighted by atomic mass is 10.2. The standard InChI is InChI=1S/C11H12Cl2O2S/c1-2-10(11(14)15)16-6-7-8(12)4-3-5-9(7)13/h3-5,10H,2,6H2,1H3,(H,14,15). The van der Waals surface area contributed by atoms with Gasteiger partial charge in [0.25, 0.3) is 0 Å². The van der Waals surface area contributed by atoms with E-state index in [9.17, 15) is 4.79 Å². The molecule has 5 heteroatoms. The van der Waals surface area contributed by atoms with Gasteiger partial charge in [0, 0.05) is 15.8 Å². The molecule has 0 aliphatic rings. The highest BCUT2D eigenvalue weighted by molar-refractivity contribution is 7.99. The zero-order chi connectivity index (χ0) is 12.1. The van der Waals surface area contributed by atoms with Gasteiger partial charge in [0.1, 0.15) is 5.25 Å². The largest absolute Gasteiger partial charge is 0.480 e. The van der Waals surface area contributed by atoms with Crippen LogP contribution in [0.3, 0.4) is 0 Å². The third kappa shape index (κ3) is 3.58. The van der Waals surface area contributed by atoms with Crippen LogP contribution >= 0.6 is 35.0 Å². The van der Waals surface area contributed by atoms with Gasteiger partial charge in [-0.2, -0.15) is 0 Å². The van der Waals surface area contributed by atoms with Crippen LogP contribution in [0.2, 0.25) is 10.0 Å². The molecule has 1 unspecified atom stereocenters. The number of hydrogen-bond donors (Lipinski definition) is 1. The zero-order valence-electron chi connectivity index (χ0n) is 8.74. The number of hydrogen-bond acceptors (Lipinski definition) is 2. The van der Waals surface area contributed by atoms with Crippen molar-refractivity contribution in [1.82, 2.24) is 0 Å². The molecule has 16 heavy (non-hydrogen) atoms. The van der Waals surface area contributed by atoms with Crippen molar-refractivity contribution in [1.29, 1.82) is 0 Å². The monoisotopic (exact) mass is 278 g/mol. The zero-order valence-corrected chi connectivity index (χ0v) is 11.1. The van der Waals surface area contributed by atoms with Crippen LogP contribution in [0.1, 0.15) is 18.9 Å². The Labute approximate surface area is 109 Å². The lowest BCUT2D eigenvalue weighted by Crippen LogP contribution is -2.15. The molecule has 1 aromatic carbocycles. The molecule has 1 aromatic rings. The molecule has 0 saturated carbocycles. The number of aliphatic carboxylic acids is 1. The van der Waals surface area contributed by atoms with Crippen LogP contribution in [-0.4, -0.2) is 16.3 Å². The lowest BCUT2D eigenvalue weighted by molar-refractivity contribution is -0.136. The van der Waals surface area contributed by atoms with Gasteiger partial charge in [0.2, 0.25) is 0 Å². The van der Waals surface area contributed by atoms with Crippen LogP contribution in [0.25, 0.3) is 0 Å². The van der Waals surface area contributed by atoms with E-state index in [1.165, 1.54) is 11.8 Å². The number of thioether (sulfide) groups is 1. The molecule has 0 spiro atoms. The molecule has 0 heterocycles. The van der Waals surface area contributed by atoms with Crippen molar-refractivity contribution < 1.29 is 9.90 Å². The summed E-state index contributed by atoms with van der Waals surface area (Å²) in [6, 6.07) is 5.28. The topological polar surface area (TPSA) is 37.3 Å². The highest BCUT2D eigenvalue weighted by Crippen LogP contribution is 2.30. The Morgan fingerprint density at radius 1 is 1.44 bits per heavy atom. The number of carboxylic acid groups (broad SMARTS) is 1. The summed E-state index contributed by atoms with van der Waals surface area (Å²) in [4.78, 5) is 10.8. The highest BCUT2D eigenvalue weighted by Gasteiger charge is 2.16. The summed E-state index contributed by atoms with van der Waals surface area (Å²) in [7, 11) is 0.